The third-order valence-electron chi connectivity index (χ3n) is 4.41. The first-order valence-electron chi connectivity index (χ1n) is 7.71. The van der Waals surface area contributed by atoms with Crippen LogP contribution in [0.3, 0.4) is 0 Å². The first kappa shape index (κ1) is 14.2. The van der Waals surface area contributed by atoms with Gasteiger partial charge in [0.15, 0.2) is 0 Å². The summed E-state index contributed by atoms with van der Waals surface area (Å²) in [6.45, 7) is 4.32. The highest BCUT2D eigenvalue weighted by Gasteiger charge is 2.27. The summed E-state index contributed by atoms with van der Waals surface area (Å²) in [5, 5.41) is 9.76. The lowest BCUT2D eigenvalue weighted by Crippen LogP contribution is -2.50. The largest absolute Gasteiger partial charge is 0.381 e. The van der Waals surface area contributed by atoms with Crippen LogP contribution in [0.5, 0.6) is 0 Å². The van der Waals surface area contributed by atoms with Crippen LogP contribution in [0, 0.1) is 5.92 Å². The molecule has 5 nitrogen and oxygen atoms in total. The molecule has 1 aromatic rings. The van der Waals surface area contributed by atoms with Crippen LogP contribution >= 0.6 is 0 Å². The van der Waals surface area contributed by atoms with Gasteiger partial charge in [0, 0.05) is 25.8 Å². The Kier molecular flexibility index (Phi) is 4.29. The molecule has 1 aromatic carbocycles. The van der Waals surface area contributed by atoms with Gasteiger partial charge in [0.1, 0.15) is 6.04 Å². The zero-order chi connectivity index (χ0) is 14.7. The third kappa shape index (κ3) is 3.29. The number of benzene rings is 1. The second kappa shape index (κ2) is 6.35. The van der Waals surface area contributed by atoms with Crippen molar-refractivity contribution in [3.8, 4) is 0 Å². The molecule has 2 aliphatic rings. The van der Waals surface area contributed by atoms with Crippen molar-refractivity contribution in [2.45, 2.75) is 31.8 Å². The fourth-order valence-corrected chi connectivity index (χ4v) is 3.03. The second-order valence-corrected chi connectivity index (χ2v) is 5.87. The summed E-state index contributed by atoms with van der Waals surface area (Å²) >= 11 is 0. The van der Waals surface area contributed by atoms with E-state index >= 15 is 0 Å². The molecule has 1 amide bonds. The minimum atomic E-state index is -0.220. The zero-order valence-corrected chi connectivity index (χ0v) is 12.4. The minimum Gasteiger partial charge on any atom is -0.381 e. The summed E-state index contributed by atoms with van der Waals surface area (Å²) in [6, 6.07) is 7.94. The van der Waals surface area contributed by atoms with Crippen molar-refractivity contribution >= 4 is 17.3 Å². The van der Waals surface area contributed by atoms with E-state index in [0.717, 1.165) is 37.4 Å². The van der Waals surface area contributed by atoms with Crippen LogP contribution in [-0.2, 0) is 9.53 Å². The first-order valence-corrected chi connectivity index (χ1v) is 7.71. The second-order valence-electron chi connectivity index (χ2n) is 5.87. The van der Waals surface area contributed by atoms with E-state index in [1.807, 2.05) is 24.3 Å². The Bertz CT molecular complexity index is 500. The van der Waals surface area contributed by atoms with Gasteiger partial charge in [0.2, 0.25) is 5.91 Å². The molecule has 0 aromatic heterocycles. The van der Waals surface area contributed by atoms with Crippen LogP contribution in [0.4, 0.5) is 11.4 Å². The molecule has 0 bridgehead atoms. The fourth-order valence-electron chi connectivity index (χ4n) is 3.03. The van der Waals surface area contributed by atoms with Crippen molar-refractivity contribution in [2.24, 2.45) is 5.92 Å². The van der Waals surface area contributed by atoms with Crippen LogP contribution in [0.25, 0.3) is 0 Å². The monoisotopic (exact) mass is 289 g/mol. The van der Waals surface area contributed by atoms with Gasteiger partial charge in [-0.3, -0.25) is 4.79 Å². The van der Waals surface area contributed by atoms with Gasteiger partial charge < -0.3 is 20.7 Å². The summed E-state index contributed by atoms with van der Waals surface area (Å²) in [5.74, 6) is 0.586. The predicted molar refractivity (Wildman–Crippen MR) is 83.5 cm³/mol. The number of hydrogen-bond donors (Lipinski definition) is 3. The molecule has 3 N–H and O–H groups in total. The standard InChI is InChI=1S/C16H23N3O2/c1-11(12-6-8-21-9-7-12)18-16(20)15-10-17-13-4-2-3-5-14(13)19-15/h2-5,11-12,15,17,19H,6-10H2,1H3,(H,18,20). The number of para-hydroxylation sites is 2. The van der Waals surface area contributed by atoms with Gasteiger partial charge in [0.05, 0.1) is 11.4 Å². The van der Waals surface area contributed by atoms with Crippen molar-refractivity contribution < 1.29 is 9.53 Å². The number of anilines is 2. The van der Waals surface area contributed by atoms with Crippen molar-refractivity contribution in [1.29, 1.82) is 0 Å². The van der Waals surface area contributed by atoms with E-state index in [0.29, 0.717) is 12.5 Å². The Morgan fingerprint density at radius 2 is 2.00 bits per heavy atom. The molecule has 0 radical (unpaired) electrons. The average molecular weight is 289 g/mol. The van der Waals surface area contributed by atoms with Crippen molar-refractivity contribution in [2.75, 3.05) is 30.4 Å². The van der Waals surface area contributed by atoms with Gasteiger partial charge in [-0.05, 0) is 37.8 Å². The molecular weight excluding hydrogens is 266 g/mol. The van der Waals surface area contributed by atoms with Crippen molar-refractivity contribution in [3.63, 3.8) is 0 Å². The summed E-state index contributed by atoms with van der Waals surface area (Å²) in [7, 11) is 0. The molecule has 0 saturated carbocycles. The highest BCUT2D eigenvalue weighted by Crippen LogP contribution is 2.25. The molecule has 114 valence electrons. The maximum atomic E-state index is 12.4. The fraction of sp³-hybridized carbons (Fsp3) is 0.562. The lowest BCUT2D eigenvalue weighted by molar-refractivity contribution is -0.122. The number of rotatable bonds is 3. The summed E-state index contributed by atoms with van der Waals surface area (Å²) in [4.78, 5) is 12.4. The predicted octanol–water partition coefficient (Wildman–Crippen LogP) is 1.82. The average Bonchev–Trinajstić information content (AvgIpc) is 2.55. The van der Waals surface area contributed by atoms with Crippen molar-refractivity contribution in [1.82, 2.24) is 5.32 Å². The molecule has 3 rings (SSSR count). The summed E-state index contributed by atoms with van der Waals surface area (Å²) in [6.07, 6.45) is 2.06. The number of carbonyl (C=O) groups excluding carboxylic acids is 1. The lowest BCUT2D eigenvalue weighted by Gasteiger charge is -2.32. The number of fused-ring (bicyclic) bond motifs is 1. The summed E-state index contributed by atoms with van der Waals surface area (Å²) < 4.78 is 5.38. The molecule has 2 unspecified atom stereocenters. The Labute approximate surface area is 125 Å². The Morgan fingerprint density at radius 3 is 2.76 bits per heavy atom. The van der Waals surface area contributed by atoms with Gasteiger partial charge in [-0.2, -0.15) is 0 Å². The van der Waals surface area contributed by atoms with E-state index in [2.05, 4.69) is 22.9 Å². The molecule has 1 saturated heterocycles. The van der Waals surface area contributed by atoms with Crippen LogP contribution < -0.4 is 16.0 Å². The molecule has 2 heterocycles. The quantitative estimate of drug-likeness (QED) is 0.794. The van der Waals surface area contributed by atoms with Gasteiger partial charge in [-0.25, -0.2) is 0 Å². The Balaban J connectivity index is 1.56. The SMILES string of the molecule is CC(NC(=O)C1CNc2ccccc2N1)C1CCOCC1. The number of ether oxygens (including phenoxy) is 1. The maximum Gasteiger partial charge on any atom is 0.244 e. The molecule has 2 aliphatic heterocycles. The first-order chi connectivity index (χ1) is 10.2. The number of nitrogens with one attached hydrogen (secondary N) is 3. The number of hydrogen-bond acceptors (Lipinski definition) is 4. The van der Waals surface area contributed by atoms with Gasteiger partial charge in [-0.15, -0.1) is 0 Å². The molecule has 5 heteroatoms. The van der Waals surface area contributed by atoms with Crippen LogP contribution in [0.2, 0.25) is 0 Å². The minimum absolute atomic E-state index is 0.0657. The van der Waals surface area contributed by atoms with Crippen LogP contribution in [-0.4, -0.2) is 37.7 Å². The molecule has 0 aliphatic carbocycles. The maximum absolute atomic E-state index is 12.4. The van der Waals surface area contributed by atoms with E-state index in [4.69, 9.17) is 4.74 Å². The highest BCUT2D eigenvalue weighted by molar-refractivity contribution is 5.88. The van der Waals surface area contributed by atoms with E-state index in [1.165, 1.54) is 0 Å². The molecular formula is C16H23N3O2. The summed E-state index contributed by atoms with van der Waals surface area (Å²) in [5.41, 5.74) is 2.04. The Hall–Kier alpha value is -1.75. The number of amides is 1. The molecule has 0 spiro atoms. The third-order valence-corrected chi connectivity index (χ3v) is 4.41. The van der Waals surface area contributed by atoms with Gasteiger partial charge in [-0.1, -0.05) is 12.1 Å². The van der Waals surface area contributed by atoms with Crippen molar-refractivity contribution in [3.05, 3.63) is 24.3 Å². The highest BCUT2D eigenvalue weighted by atomic mass is 16.5. The van der Waals surface area contributed by atoms with Crippen LogP contribution in [0.1, 0.15) is 19.8 Å². The zero-order valence-electron chi connectivity index (χ0n) is 12.4. The van der Waals surface area contributed by atoms with E-state index < -0.39 is 0 Å². The van der Waals surface area contributed by atoms with Gasteiger partial charge >= 0.3 is 0 Å². The molecule has 21 heavy (non-hydrogen) atoms. The normalized spacial score (nSPS) is 23.4. The smallest absolute Gasteiger partial charge is 0.244 e. The number of carbonyl (C=O) groups is 1. The Morgan fingerprint density at radius 1 is 1.29 bits per heavy atom. The van der Waals surface area contributed by atoms with E-state index in [-0.39, 0.29) is 18.0 Å². The van der Waals surface area contributed by atoms with Gasteiger partial charge in [0.25, 0.3) is 0 Å². The molecule has 1 fully saturated rings. The topological polar surface area (TPSA) is 62.4 Å². The van der Waals surface area contributed by atoms with E-state index in [9.17, 15) is 4.79 Å². The molecule has 2 atom stereocenters. The van der Waals surface area contributed by atoms with E-state index in [1.54, 1.807) is 0 Å². The lowest BCUT2D eigenvalue weighted by atomic mass is 9.92. The van der Waals surface area contributed by atoms with Crippen LogP contribution in [0.15, 0.2) is 24.3 Å².